The molecule has 20 heavy (non-hydrogen) atoms. The summed E-state index contributed by atoms with van der Waals surface area (Å²) in [7, 11) is -6.65. The zero-order chi connectivity index (χ0) is 15.1. The first-order valence-corrected chi connectivity index (χ1v) is 8.89. The van der Waals surface area contributed by atoms with Gasteiger partial charge in [-0.15, -0.1) is 0 Å². The number of nitrogens with zero attached hydrogens (tertiary/aromatic N) is 1. The maximum Gasteiger partial charge on any atom is 0.245 e. The second kappa shape index (κ2) is 5.06. The molecule has 2 rings (SSSR count). The summed E-state index contributed by atoms with van der Waals surface area (Å²) < 4.78 is 61.5. The molecule has 9 heteroatoms. The molecule has 0 atom stereocenters. The van der Waals surface area contributed by atoms with E-state index in [0.717, 1.165) is 29.3 Å². The van der Waals surface area contributed by atoms with Crippen LogP contribution in [-0.4, -0.2) is 34.7 Å². The Morgan fingerprint density at radius 2 is 1.90 bits per heavy atom. The van der Waals surface area contributed by atoms with E-state index < -0.39 is 35.7 Å². The van der Waals surface area contributed by atoms with E-state index in [1.807, 2.05) is 0 Å². The fraction of sp³-hybridized carbons (Fsp3) is 0.455. The normalized spacial score (nSPS) is 16.6. The van der Waals surface area contributed by atoms with E-state index in [1.54, 1.807) is 0 Å². The lowest BCUT2D eigenvalue weighted by Gasteiger charge is -2.17. The number of nitrogens with two attached hydrogens (primary N) is 1. The van der Waals surface area contributed by atoms with Gasteiger partial charge in [-0.1, -0.05) is 0 Å². The van der Waals surface area contributed by atoms with E-state index in [4.69, 9.17) is 5.14 Å². The van der Waals surface area contributed by atoms with Gasteiger partial charge < -0.3 is 0 Å². The lowest BCUT2D eigenvalue weighted by molar-refractivity contribution is 0.447. The Morgan fingerprint density at radius 1 is 1.30 bits per heavy atom. The molecular formula is C11H15FN2O4S2. The quantitative estimate of drug-likeness (QED) is 0.853. The minimum atomic E-state index is -4.07. The van der Waals surface area contributed by atoms with Gasteiger partial charge in [0.05, 0.1) is 4.90 Å². The van der Waals surface area contributed by atoms with Crippen LogP contribution in [0, 0.1) is 11.7 Å². The Labute approximate surface area is 117 Å². The molecule has 0 unspecified atom stereocenters. The molecule has 0 aliphatic heterocycles. The smallest absolute Gasteiger partial charge is 0.225 e. The Kier molecular flexibility index (Phi) is 3.89. The van der Waals surface area contributed by atoms with Crippen LogP contribution < -0.4 is 5.14 Å². The van der Waals surface area contributed by atoms with Gasteiger partial charge in [0.1, 0.15) is 10.7 Å². The van der Waals surface area contributed by atoms with Crippen molar-refractivity contribution in [2.75, 3.05) is 13.6 Å². The fourth-order valence-corrected chi connectivity index (χ4v) is 3.61. The van der Waals surface area contributed by atoms with Crippen LogP contribution in [0.1, 0.15) is 12.8 Å². The standard InChI is InChI=1S/C11H15FN2O4S2/c1-14(7-8-2-3-8)20(17,18)11-5-4-9(6-10(11)12)19(13,15)16/h4-6,8H,2-3,7H2,1H3,(H2,13,15,16). The summed E-state index contributed by atoms with van der Waals surface area (Å²) in [6, 6.07) is 2.53. The second-order valence-corrected chi connectivity index (χ2v) is 8.44. The van der Waals surface area contributed by atoms with Crippen molar-refractivity contribution in [2.45, 2.75) is 22.6 Å². The highest BCUT2D eigenvalue weighted by molar-refractivity contribution is 7.89. The molecule has 0 heterocycles. The van der Waals surface area contributed by atoms with Gasteiger partial charge in [0.15, 0.2) is 0 Å². The maximum atomic E-state index is 13.9. The summed E-state index contributed by atoms with van der Waals surface area (Å²) in [5.41, 5.74) is 0. The van der Waals surface area contributed by atoms with E-state index >= 15 is 0 Å². The lowest BCUT2D eigenvalue weighted by Crippen LogP contribution is -2.29. The molecule has 0 saturated heterocycles. The third-order valence-electron chi connectivity index (χ3n) is 3.13. The second-order valence-electron chi connectivity index (χ2n) is 4.87. The van der Waals surface area contributed by atoms with Gasteiger partial charge in [-0.3, -0.25) is 0 Å². The molecular weight excluding hydrogens is 307 g/mol. The van der Waals surface area contributed by atoms with Crippen molar-refractivity contribution in [3.8, 4) is 0 Å². The minimum Gasteiger partial charge on any atom is -0.225 e. The summed E-state index contributed by atoms with van der Waals surface area (Å²) in [5, 5.41) is 4.86. The molecule has 2 N–H and O–H groups in total. The molecule has 1 aliphatic rings. The van der Waals surface area contributed by atoms with Gasteiger partial charge in [-0.2, -0.15) is 0 Å². The Morgan fingerprint density at radius 3 is 2.35 bits per heavy atom. The van der Waals surface area contributed by atoms with Crippen molar-refractivity contribution in [2.24, 2.45) is 11.1 Å². The van der Waals surface area contributed by atoms with Crippen LogP contribution in [0.15, 0.2) is 28.0 Å². The van der Waals surface area contributed by atoms with Crippen molar-refractivity contribution < 1.29 is 21.2 Å². The van der Waals surface area contributed by atoms with E-state index in [2.05, 4.69) is 0 Å². The molecule has 1 aromatic carbocycles. The average Bonchev–Trinajstić information content (AvgIpc) is 3.11. The van der Waals surface area contributed by atoms with Gasteiger partial charge in [-0.05, 0) is 37.0 Å². The van der Waals surface area contributed by atoms with Crippen LogP contribution >= 0.6 is 0 Å². The van der Waals surface area contributed by atoms with Crippen LogP contribution in [0.3, 0.4) is 0 Å². The lowest BCUT2D eigenvalue weighted by atomic mass is 10.3. The van der Waals surface area contributed by atoms with E-state index in [-0.39, 0.29) is 0 Å². The number of primary sulfonamides is 1. The first-order chi connectivity index (χ1) is 9.12. The average molecular weight is 322 g/mol. The molecule has 0 amide bonds. The number of benzene rings is 1. The highest BCUT2D eigenvalue weighted by Gasteiger charge is 2.31. The monoisotopic (exact) mass is 322 g/mol. The van der Waals surface area contributed by atoms with Gasteiger partial charge in [-0.25, -0.2) is 30.7 Å². The number of hydrogen-bond acceptors (Lipinski definition) is 4. The van der Waals surface area contributed by atoms with Crippen molar-refractivity contribution in [1.29, 1.82) is 0 Å². The van der Waals surface area contributed by atoms with Crippen molar-refractivity contribution in [3.63, 3.8) is 0 Å². The maximum absolute atomic E-state index is 13.9. The summed E-state index contributed by atoms with van der Waals surface area (Å²) in [5.74, 6) is -0.805. The van der Waals surface area contributed by atoms with Crippen molar-refractivity contribution >= 4 is 20.0 Å². The van der Waals surface area contributed by atoms with E-state index in [0.29, 0.717) is 18.5 Å². The highest BCUT2D eigenvalue weighted by Crippen LogP contribution is 2.31. The minimum absolute atomic E-state index is 0.321. The molecule has 1 aromatic rings. The molecule has 1 fully saturated rings. The van der Waals surface area contributed by atoms with Crippen LogP contribution in [0.2, 0.25) is 0 Å². The molecule has 0 radical (unpaired) electrons. The van der Waals surface area contributed by atoms with Gasteiger partial charge in [0, 0.05) is 13.6 Å². The largest absolute Gasteiger partial charge is 0.245 e. The summed E-state index contributed by atoms with van der Waals surface area (Å²) in [6.45, 7) is 0.332. The molecule has 1 aliphatic carbocycles. The van der Waals surface area contributed by atoms with Crippen molar-refractivity contribution in [1.82, 2.24) is 4.31 Å². The first kappa shape index (κ1) is 15.4. The molecule has 0 bridgehead atoms. The fourth-order valence-electron chi connectivity index (χ4n) is 1.80. The Balaban J connectivity index is 2.36. The van der Waals surface area contributed by atoms with Crippen molar-refractivity contribution in [3.05, 3.63) is 24.0 Å². The molecule has 0 spiro atoms. The number of halogens is 1. The summed E-state index contributed by atoms with van der Waals surface area (Å²) >= 11 is 0. The first-order valence-electron chi connectivity index (χ1n) is 5.91. The predicted octanol–water partition coefficient (Wildman–Crippen LogP) is 0.504. The summed E-state index contributed by atoms with van der Waals surface area (Å²) in [6.07, 6.45) is 1.93. The number of sulfonamides is 2. The molecule has 1 saturated carbocycles. The van der Waals surface area contributed by atoms with Gasteiger partial charge in [0.25, 0.3) is 0 Å². The Bertz CT molecular complexity index is 727. The topological polar surface area (TPSA) is 97.5 Å². The highest BCUT2D eigenvalue weighted by atomic mass is 32.2. The zero-order valence-electron chi connectivity index (χ0n) is 10.8. The van der Waals surface area contributed by atoms with E-state index in [1.165, 1.54) is 7.05 Å². The van der Waals surface area contributed by atoms with Gasteiger partial charge >= 0.3 is 0 Å². The molecule has 112 valence electrons. The van der Waals surface area contributed by atoms with Crippen LogP contribution in [-0.2, 0) is 20.0 Å². The third kappa shape index (κ3) is 3.17. The third-order valence-corrected chi connectivity index (χ3v) is 5.90. The van der Waals surface area contributed by atoms with E-state index in [9.17, 15) is 21.2 Å². The SMILES string of the molecule is CN(CC1CC1)S(=O)(=O)c1ccc(S(N)(=O)=O)cc1F. The van der Waals surface area contributed by atoms with Crippen LogP contribution in [0.5, 0.6) is 0 Å². The number of hydrogen-bond donors (Lipinski definition) is 1. The predicted molar refractivity (Wildman–Crippen MR) is 70.3 cm³/mol. The number of rotatable bonds is 5. The van der Waals surface area contributed by atoms with Gasteiger partial charge in [0.2, 0.25) is 20.0 Å². The molecule has 6 nitrogen and oxygen atoms in total. The Hall–Kier alpha value is -1.03. The van der Waals surface area contributed by atoms with Crippen LogP contribution in [0.25, 0.3) is 0 Å². The molecule has 0 aromatic heterocycles. The zero-order valence-corrected chi connectivity index (χ0v) is 12.4. The summed E-state index contributed by atoms with van der Waals surface area (Å²) in [4.78, 5) is -1.01. The van der Waals surface area contributed by atoms with Crippen LogP contribution in [0.4, 0.5) is 4.39 Å².